The van der Waals surface area contributed by atoms with Crippen molar-refractivity contribution in [2.24, 2.45) is 0 Å². The summed E-state index contributed by atoms with van der Waals surface area (Å²) in [6, 6.07) is 0. The first-order valence-electron chi connectivity index (χ1n) is 8.30. The minimum absolute atomic E-state index is 0.424. The van der Waals surface area contributed by atoms with E-state index in [4.69, 9.17) is 18.0 Å². The van der Waals surface area contributed by atoms with Gasteiger partial charge < -0.3 is 18.0 Å². The van der Waals surface area contributed by atoms with Gasteiger partial charge in [0.15, 0.2) is 5.38 Å². The Morgan fingerprint density at radius 2 is 1.45 bits per heavy atom. The molecule has 130 valence electrons. The van der Waals surface area contributed by atoms with Crippen LogP contribution < -0.4 is 0 Å². The molecule has 0 radical (unpaired) electrons. The Morgan fingerprint density at radius 1 is 0.909 bits per heavy atom. The average Bonchev–Trinajstić information content (AvgIpc) is 2.56. The number of hydrogen-bond donors (Lipinski definition) is 0. The molecule has 0 rings (SSSR count). The van der Waals surface area contributed by atoms with E-state index >= 15 is 0 Å². The topological polar surface area (TPSA) is 36.9 Å². The van der Waals surface area contributed by atoms with E-state index in [1.807, 2.05) is 0 Å². The number of rotatable bonds is 15. The maximum Gasteiger partial charge on any atom is 0.572 e. The summed E-state index contributed by atoms with van der Waals surface area (Å²) in [4.78, 5) is 0. The van der Waals surface area contributed by atoms with Gasteiger partial charge in [-0.2, -0.15) is 0 Å². The number of allylic oxidation sites excluding steroid dienone is 1. The molecule has 0 atom stereocenters. The Labute approximate surface area is 137 Å². The third kappa shape index (κ3) is 8.13. The minimum atomic E-state index is -2.88. The van der Waals surface area contributed by atoms with E-state index in [0.29, 0.717) is 12.0 Å². The third-order valence-electron chi connectivity index (χ3n) is 3.60. The highest BCUT2D eigenvalue weighted by atomic mass is 28.4. The van der Waals surface area contributed by atoms with Gasteiger partial charge in [0.25, 0.3) is 0 Å². The van der Waals surface area contributed by atoms with Crippen molar-refractivity contribution in [2.45, 2.75) is 58.3 Å². The Hall–Kier alpha value is -0.623. The molecule has 22 heavy (non-hydrogen) atoms. The van der Waals surface area contributed by atoms with Gasteiger partial charge in [0, 0.05) is 21.3 Å². The first-order valence-corrected chi connectivity index (χ1v) is 10.0. The molecule has 0 aliphatic heterocycles. The van der Waals surface area contributed by atoms with Crippen molar-refractivity contribution in [3.63, 3.8) is 0 Å². The number of hydrogen-bond acceptors (Lipinski definition) is 4. The van der Waals surface area contributed by atoms with Crippen LogP contribution in [0.5, 0.6) is 0 Å². The molecule has 0 aromatic carbocycles. The molecular formula is C17H34O4Si. The lowest BCUT2D eigenvalue weighted by molar-refractivity contribution is 0.103. The zero-order chi connectivity index (χ0) is 16.7. The van der Waals surface area contributed by atoms with Gasteiger partial charge in [-0.25, -0.2) is 0 Å². The molecule has 0 aromatic rings. The highest BCUT2D eigenvalue weighted by Gasteiger charge is 2.45. The molecule has 0 amide bonds. The molecule has 4 nitrogen and oxygen atoms in total. The van der Waals surface area contributed by atoms with Crippen LogP contribution >= 0.6 is 0 Å². The Balaban J connectivity index is 4.34. The Bertz CT molecular complexity index is 293. The Kier molecular flexibility index (Phi) is 13.6. The van der Waals surface area contributed by atoms with E-state index in [1.54, 1.807) is 27.4 Å². The summed E-state index contributed by atoms with van der Waals surface area (Å²) in [7, 11) is 1.91. The van der Waals surface area contributed by atoms with Crippen LogP contribution in [0.15, 0.2) is 24.1 Å². The fourth-order valence-electron chi connectivity index (χ4n) is 2.31. The molecule has 0 aliphatic rings. The summed E-state index contributed by atoms with van der Waals surface area (Å²) in [6.45, 7) is 6.35. The van der Waals surface area contributed by atoms with Crippen molar-refractivity contribution in [1.29, 1.82) is 0 Å². The van der Waals surface area contributed by atoms with Crippen molar-refractivity contribution in [2.75, 3.05) is 27.9 Å². The maximum atomic E-state index is 5.72. The lowest BCUT2D eigenvalue weighted by atomic mass is 10.1. The smallest absolute Gasteiger partial charge is 0.491 e. The summed E-state index contributed by atoms with van der Waals surface area (Å²) in [5, 5.41) is 0.686. The van der Waals surface area contributed by atoms with E-state index < -0.39 is 8.80 Å². The van der Waals surface area contributed by atoms with Crippen LogP contribution in [-0.4, -0.2) is 36.7 Å². The molecule has 0 heterocycles. The van der Waals surface area contributed by atoms with Crippen molar-refractivity contribution in [3.8, 4) is 0 Å². The average molecular weight is 331 g/mol. The van der Waals surface area contributed by atoms with Gasteiger partial charge in [0.1, 0.15) is 6.61 Å². The summed E-state index contributed by atoms with van der Waals surface area (Å²) >= 11 is 0. The van der Waals surface area contributed by atoms with Crippen LogP contribution in [0.1, 0.15) is 58.3 Å². The zero-order valence-electron chi connectivity index (χ0n) is 14.9. The fourth-order valence-corrected chi connectivity index (χ4v) is 4.07. The molecule has 0 bridgehead atoms. The summed E-state index contributed by atoms with van der Waals surface area (Å²) < 4.78 is 22.2. The molecule has 0 fully saturated rings. The zero-order valence-corrected chi connectivity index (χ0v) is 15.9. The quantitative estimate of drug-likeness (QED) is 0.190. The maximum absolute atomic E-state index is 5.72. The Morgan fingerprint density at radius 3 is 1.95 bits per heavy atom. The van der Waals surface area contributed by atoms with Crippen LogP contribution in [-0.2, 0) is 18.0 Å². The van der Waals surface area contributed by atoms with Crippen LogP contribution in [0.4, 0.5) is 0 Å². The number of unbranched alkanes of at least 4 members (excludes halogenated alkanes) is 7. The van der Waals surface area contributed by atoms with Gasteiger partial charge in [-0.1, -0.05) is 58.1 Å². The monoisotopic (exact) mass is 330 g/mol. The van der Waals surface area contributed by atoms with Crippen molar-refractivity contribution < 1.29 is 18.0 Å². The standard InChI is InChI=1S/C17H34O4Si/c1-6-8-9-10-11-12-13-14-15-17(21-16-7-2)22(18-3,19-4)20-5/h7,15H,2,6,8-14,16H2,1,3-5H3/b17-15+. The van der Waals surface area contributed by atoms with E-state index in [-0.39, 0.29) is 0 Å². The van der Waals surface area contributed by atoms with Crippen LogP contribution in [0.3, 0.4) is 0 Å². The number of ether oxygens (including phenoxy) is 1. The van der Waals surface area contributed by atoms with E-state index in [2.05, 4.69) is 19.6 Å². The summed E-state index contributed by atoms with van der Waals surface area (Å²) in [5.41, 5.74) is 0. The van der Waals surface area contributed by atoms with Gasteiger partial charge in [0.05, 0.1) is 0 Å². The second-order valence-electron chi connectivity index (χ2n) is 5.25. The molecule has 0 aromatic heterocycles. The lowest BCUT2D eigenvalue weighted by Gasteiger charge is -2.26. The van der Waals surface area contributed by atoms with Crippen molar-refractivity contribution >= 4 is 8.80 Å². The van der Waals surface area contributed by atoms with Crippen LogP contribution in [0, 0.1) is 0 Å². The molecule has 0 saturated heterocycles. The largest absolute Gasteiger partial charge is 0.572 e. The minimum Gasteiger partial charge on any atom is -0.491 e. The highest BCUT2D eigenvalue weighted by Crippen LogP contribution is 2.20. The second-order valence-corrected chi connectivity index (χ2v) is 8.08. The lowest BCUT2D eigenvalue weighted by Crippen LogP contribution is -2.46. The van der Waals surface area contributed by atoms with Gasteiger partial charge in [-0.05, 0) is 18.9 Å². The van der Waals surface area contributed by atoms with Gasteiger partial charge in [-0.15, -0.1) is 0 Å². The van der Waals surface area contributed by atoms with Gasteiger partial charge in [0.2, 0.25) is 0 Å². The van der Waals surface area contributed by atoms with E-state index in [1.165, 1.54) is 38.5 Å². The summed E-state index contributed by atoms with van der Waals surface area (Å²) in [6.07, 6.45) is 13.7. The predicted octanol–water partition coefficient (Wildman–Crippen LogP) is 4.63. The summed E-state index contributed by atoms with van der Waals surface area (Å²) in [5.74, 6) is 0. The molecule has 0 unspecified atom stereocenters. The predicted molar refractivity (Wildman–Crippen MR) is 93.6 cm³/mol. The SMILES string of the molecule is C=CCO/C(=C\CCCCCCCCC)[Si](OC)(OC)OC. The van der Waals surface area contributed by atoms with E-state index in [9.17, 15) is 0 Å². The van der Waals surface area contributed by atoms with Gasteiger partial charge in [-0.3, -0.25) is 0 Å². The van der Waals surface area contributed by atoms with Crippen LogP contribution in [0.2, 0.25) is 0 Å². The second kappa shape index (κ2) is 14.0. The van der Waals surface area contributed by atoms with Crippen molar-refractivity contribution in [3.05, 3.63) is 24.1 Å². The molecule has 0 spiro atoms. The highest BCUT2D eigenvalue weighted by molar-refractivity contribution is 6.68. The van der Waals surface area contributed by atoms with Crippen LogP contribution in [0.25, 0.3) is 0 Å². The first-order chi connectivity index (χ1) is 10.7. The van der Waals surface area contributed by atoms with Crippen molar-refractivity contribution in [1.82, 2.24) is 0 Å². The van der Waals surface area contributed by atoms with E-state index in [0.717, 1.165) is 12.8 Å². The normalized spacial score (nSPS) is 12.5. The first kappa shape index (κ1) is 21.4. The molecular weight excluding hydrogens is 296 g/mol. The molecule has 0 N–H and O–H groups in total. The fraction of sp³-hybridized carbons (Fsp3) is 0.765. The molecule has 0 saturated carbocycles. The molecule has 5 heteroatoms. The third-order valence-corrected chi connectivity index (χ3v) is 6.17. The molecule has 0 aliphatic carbocycles. The van der Waals surface area contributed by atoms with Gasteiger partial charge >= 0.3 is 8.80 Å².